The molecule has 0 saturated heterocycles. The van der Waals surface area contributed by atoms with Gasteiger partial charge in [0.25, 0.3) is 8.32 Å². The van der Waals surface area contributed by atoms with Crippen LogP contribution in [0.3, 0.4) is 0 Å². The molecule has 0 N–H and O–H groups in total. The third-order valence-electron chi connectivity index (χ3n) is 6.00. The van der Waals surface area contributed by atoms with Crippen LogP contribution >= 0.6 is 0 Å². The van der Waals surface area contributed by atoms with Crippen molar-refractivity contribution in [1.29, 1.82) is 0 Å². The van der Waals surface area contributed by atoms with Crippen molar-refractivity contribution < 1.29 is 4.43 Å². The first-order chi connectivity index (χ1) is 11.9. The van der Waals surface area contributed by atoms with Crippen LogP contribution in [0.1, 0.15) is 59.1 Å². The van der Waals surface area contributed by atoms with Gasteiger partial charge in [-0.2, -0.15) is 0 Å². The van der Waals surface area contributed by atoms with Gasteiger partial charge in [-0.05, 0) is 51.9 Å². The molecule has 0 amide bonds. The summed E-state index contributed by atoms with van der Waals surface area (Å²) >= 11 is 0. The minimum absolute atomic E-state index is 0.591. The highest BCUT2D eigenvalue weighted by molar-refractivity contribution is 6.78. The zero-order valence-corrected chi connectivity index (χ0v) is 17.6. The molecule has 0 radical (unpaired) electrons. The van der Waals surface area contributed by atoms with Gasteiger partial charge in [-0.25, -0.2) is 0 Å². The maximum Gasteiger partial charge on any atom is 0.258 e. The molecule has 0 heterocycles. The van der Waals surface area contributed by atoms with Gasteiger partial charge in [0.2, 0.25) is 0 Å². The van der Waals surface area contributed by atoms with Crippen LogP contribution in [0.5, 0.6) is 0 Å². The molecule has 0 aliphatic heterocycles. The van der Waals surface area contributed by atoms with Crippen molar-refractivity contribution in [3.8, 4) is 0 Å². The van der Waals surface area contributed by atoms with Crippen LogP contribution < -0.4 is 0 Å². The Balaban J connectivity index is 2.14. The van der Waals surface area contributed by atoms with E-state index >= 15 is 0 Å². The number of hydrogen-bond donors (Lipinski definition) is 0. The molecule has 0 bridgehead atoms. The summed E-state index contributed by atoms with van der Waals surface area (Å²) in [6.45, 7) is 14.2. The van der Waals surface area contributed by atoms with Gasteiger partial charge < -0.3 is 4.43 Å². The van der Waals surface area contributed by atoms with Gasteiger partial charge >= 0.3 is 0 Å². The van der Waals surface area contributed by atoms with Crippen LogP contribution in [-0.2, 0) is 10.8 Å². The largest absolute Gasteiger partial charge is 0.542 e. The van der Waals surface area contributed by atoms with Gasteiger partial charge in [-0.15, -0.1) is 0 Å². The van der Waals surface area contributed by atoms with Gasteiger partial charge in [0.1, 0.15) is 5.76 Å². The predicted molar refractivity (Wildman–Crippen MR) is 112 cm³/mol. The summed E-state index contributed by atoms with van der Waals surface area (Å²) in [5.41, 5.74) is 4.56. The summed E-state index contributed by atoms with van der Waals surface area (Å²) in [7, 11) is -1.94. The molecule has 0 aromatic heterocycles. The third-order valence-corrected chi connectivity index (χ3v) is 12.0. The van der Waals surface area contributed by atoms with Crippen molar-refractivity contribution in [3.05, 3.63) is 53.6 Å². The molecule has 1 aliphatic carbocycles. The fourth-order valence-electron chi connectivity index (χ4n) is 4.91. The Hall–Kier alpha value is -1.54. The Morgan fingerprint density at radius 2 is 1.48 bits per heavy atom. The van der Waals surface area contributed by atoms with E-state index in [2.05, 4.69) is 84.0 Å². The molecule has 1 aliphatic rings. The molecule has 0 atom stereocenters. The van der Waals surface area contributed by atoms with E-state index in [9.17, 15) is 0 Å². The maximum atomic E-state index is 7.10. The SMILES string of the molecule is CC(C)[Si](OC1=CCCc2ccc3ccccc3c21)(C(C)C)C(C)C. The van der Waals surface area contributed by atoms with Crippen molar-refractivity contribution in [2.45, 2.75) is 71.0 Å². The van der Waals surface area contributed by atoms with Crippen LogP contribution in [0.2, 0.25) is 16.6 Å². The zero-order chi connectivity index (χ0) is 18.2. The van der Waals surface area contributed by atoms with Crippen molar-refractivity contribution in [1.82, 2.24) is 0 Å². The average Bonchev–Trinajstić information content (AvgIpc) is 2.58. The lowest BCUT2D eigenvalue weighted by Gasteiger charge is -2.43. The number of aryl methyl sites for hydroxylation is 1. The van der Waals surface area contributed by atoms with Gasteiger partial charge in [0.15, 0.2) is 0 Å². The van der Waals surface area contributed by atoms with E-state index in [0.29, 0.717) is 16.6 Å². The molecule has 2 aromatic carbocycles. The number of fused-ring (bicyclic) bond motifs is 3. The van der Waals surface area contributed by atoms with Crippen molar-refractivity contribution in [2.24, 2.45) is 0 Å². The van der Waals surface area contributed by atoms with Crippen LogP contribution in [0.25, 0.3) is 16.5 Å². The molecule has 2 heteroatoms. The van der Waals surface area contributed by atoms with Gasteiger partial charge in [0, 0.05) is 5.56 Å². The Bertz CT molecular complexity index is 764. The number of allylic oxidation sites excluding steroid dienone is 1. The quantitative estimate of drug-likeness (QED) is 0.512. The second-order valence-electron chi connectivity index (χ2n) is 8.35. The summed E-state index contributed by atoms with van der Waals surface area (Å²) in [4.78, 5) is 0. The highest BCUT2D eigenvalue weighted by atomic mass is 28.4. The number of benzene rings is 2. The molecular formula is C23H32OSi. The standard InChI is InChI=1S/C23H32OSi/c1-16(2)25(17(3)4,18(5)6)24-22-13-9-11-20-15-14-19-10-7-8-12-21(19)23(20)22/h7-8,10,12-18H,9,11H2,1-6H3. The lowest BCUT2D eigenvalue weighted by atomic mass is 9.91. The minimum Gasteiger partial charge on any atom is -0.542 e. The topological polar surface area (TPSA) is 9.23 Å². The molecule has 134 valence electrons. The van der Waals surface area contributed by atoms with Crippen molar-refractivity contribution in [2.75, 3.05) is 0 Å². The summed E-state index contributed by atoms with van der Waals surface area (Å²) in [6, 6.07) is 13.3. The van der Waals surface area contributed by atoms with E-state index in [4.69, 9.17) is 4.43 Å². The molecule has 0 fully saturated rings. The van der Waals surface area contributed by atoms with Gasteiger partial charge in [-0.3, -0.25) is 0 Å². The van der Waals surface area contributed by atoms with Gasteiger partial charge in [0.05, 0.1) is 0 Å². The van der Waals surface area contributed by atoms with E-state index in [1.165, 1.54) is 21.9 Å². The fourth-order valence-corrected chi connectivity index (χ4v) is 10.2. The molecule has 0 unspecified atom stereocenters. The molecular weight excluding hydrogens is 320 g/mol. The Morgan fingerprint density at radius 1 is 0.840 bits per heavy atom. The van der Waals surface area contributed by atoms with Crippen LogP contribution in [0, 0.1) is 0 Å². The lowest BCUT2D eigenvalue weighted by Crippen LogP contribution is -2.47. The monoisotopic (exact) mass is 352 g/mol. The minimum atomic E-state index is -1.94. The number of hydrogen-bond acceptors (Lipinski definition) is 1. The summed E-state index contributed by atoms with van der Waals surface area (Å²) in [5, 5.41) is 2.65. The molecule has 0 saturated carbocycles. The fraction of sp³-hybridized carbons (Fsp3) is 0.478. The Labute approximate surface area is 154 Å². The van der Waals surface area contributed by atoms with E-state index in [1.54, 1.807) is 0 Å². The zero-order valence-electron chi connectivity index (χ0n) is 16.6. The average molecular weight is 353 g/mol. The van der Waals surface area contributed by atoms with E-state index in [0.717, 1.165) is 18.6 Å². The Kier molecular flexibility index (Phi) is 5.10. The van der Waals surface area contributed by atoms with E-state index in [1.807, 2.05) is 0 Å². The van der Waals surface area contributed by atoms with E-state index in [-0.39, 0.29) is 0 Å². The first kappa shape index (κ1) is 18.3. The first-order valence-electron chi connectivity index (χ1n) is 9.78. The van der Waals surface area contributed by atoms with Gasteiger partial charge in [-0.1, -0.05) is 77.9 Å². The maximum absolute atomic E-state index is 7.10. The molecule has 3 rings (SSSR count). The Morgan fingerprint density at radius 3 is 2.12 bits per heavy atom. The predicted octanol–water partition coefficient (Wildman–Crippen LogP) is 7.32. The first-order valence-corrected chi connectivity index (χ1v) is 11.9. The van der Waals surface area contributed by atoms with Crippen molar-refractivity contribution in [3.63, 3.8) is 0 Å². The second-order valence-corrected chi connectivity index (χ2v) is 13.7. The smallest absolute Gasteiger partial charge is 0.258 e. The summed E-state index contributed by atoms with van der Waals surface area (Å²) in [6.07, 6.45) is 4.55. The van der Waals surface area contributed by atoms with Crippen LogP contribution in [0.15, 0.2) is 42.5 Å². The summed E-state index contributed by atoms with van der Waals surface area (Å²) < 4.78 is 7.10. The molecule has 1 nitrogen and oxygen atoms in total. The number of rotatable bonds is 5. The van der Waals surface area contributed by atoms with Crippen LogP contribution in [0.4, 0.5) is 0 Å². The molecule has 2 aromatic rings. The van der Waals surface area contributed by atoms with Crippen molar-refractivity contribution >= 4 is 24.8 Å². The highest BCUT2D eigenvalue weighted by Crippen LogP contribution is 2.46. The van der Waals surface area contributed by atoms with E-state index < -0.39 is 8.32 Å². The lowest BCUT2D eigenvalue weighted by molar-refractivity contribution is 0.441. The summed E-state index contributed by atoms with van der Waals surface area (Å²) in [5.74, 6) is 1.15. The third kappa shape index (κ3) is 3.06. The van der Waals surface area contributed by atoms with Crippen LogP contribution in [-0.4, -0.2) is 8.32 Å². The molecule has 0 spiro atoms. The highest BCUT2D eigenvalue weighted by Gasteiger charge is 2.47. The normalized spacial score (nSPS) is 15.0. The molecule has 25 heavy (non-hydrogen) atoms. The second kappa shape index (κ2) is 6.99.